The van der Waals surface area contributed by atoms with Crippen molar-refractivity contribution in [1.29, 1.82) is 0 Å². The third-order valence-corrected chi connectivity index (χ3v) is 5.33. The van der Waals surface area contributed by atoms with Gasteiger partial charge in [0.2, 0.25) is 11.7 Å². The van der Waals surface area contributed by atoms with E-state index in [1.165, 1.54) is 21.3 Å². The first-order valence-corrected chi connectivity index (χ1v) is 10.6. The van der Waals surface area contributed by atoms with Gasteiger partial charge in [-0.05, 0) is 49.6 Å². The largest absolute Gasteiger partial charge is 0.493 e. The third-order valence-electron chi connectivity index (χ3n) is 5.01. The Labute approximate surface area is 192 Å². The van der Waals surface area contributed by atoms with E-state index in [1.807, 2.05) is 25.1 Å². The molecule has 1 amide bonds. The normalized spacial score (nSPS) is 15.9. The van der Waals surface area contributed by atoms with Crippen LogP contribution in [-0.2, 0) is 4.74 Å². The lowest BCUT2D eigenvalue weighted by Crippen LogP contribution is -2.37. The highest BCUT2D eigenvalue weighted by Gasteiger charge is 2.19. The van der Waals surface area contributed by atoms with E-state index in [2.05, 4.69) is 15.6 Å². The van der Waals surface area contributed by atoms with E-state index in [0.29, 0.717) is 40.1 Å². The van der Waals surface area contributed by atoms with E-state index < -0.39 is 5.91 Å². The molecule has 2 N–H and O–H groups in total. The van der Waals surface area contributed by atoms with E-state index in [1.54, 1.807) is 12.1 Å². The highest BCUT2D eigenvalue weighted by molar-refractivity contribution is 6.34. The maximum atomic E-state index is 13.1. The van der Waals surface area contributed by atoms with Crippen molar-refractivity contribution in [1.82, 2.24) is 5.32 Å². The number of carbonyl (C=O) groups excluding carboxylic acids is 1. The molecule has 1 atom stereocenters. The number of amides is 1. The number of guanidine groups is 1. The van der Waals surface area contributed by atoms with Crippen molar-refractivity contribution in [2.24, 2.45) is 4.99 Å². The number of halogens is 1. The molecular formula is C23H28ClN3O5. The molecule has 2 aromatic carbocycles. The van der Waals surface area contributed by atoms with Gasteiger partial charge >= 0.3 is 0 Å². The number of nitrogens with zero attached hydrogens (tertiary/aromatic N) is 1. The minimum absolute atomic E-state index is 0.0263. The standard InChI is InChI=1S/C23H28ClN3O5/c1-14-7-8-18(17(24)10-14)26-23(25-13-16-6-5-9-32-16)27-22(28)15-11-19(29-2)21(31-4)20(12-15)30-3/h7-8,10-12,16H,5-6,9,13H2,1-4H3,(H2,25,26,27,28)/t16-/m1/s1. The number of benzene rings is 2. The quantitative estimate of drug-likeness (QED) is 0.477. The Morgan fingerprint density at radius 1 is 1.16 bits per heavy atom. The van der Waals surface area contributed by atoms with Gasteiger partial charge in [-0.25, -0.2) is 4.99 Å². The van der Waals surface area contributed by atoms with Crippen LogP contribution in [0, 0.1) is 6.92 Å². The molecule has 0 radical (unpaired) electrons. The molecule has 0 unspecified atom stereocenters. The number of nitrogens with one attached hydrogen (secondary N) is 2. The molecule has 1 heterocycles. The smallest absolute Gasteiger partial charge is 0.258 e. The van der Waals surface area contributed by atoms with Crippen molar-refractivity contribution < 1.29 is 23.7 Å². The summed E-state index contributed by atoms with van der Waals surface area (Å²) in [6.45, 7) is 3.10. The molecule has 0 aromatic heterocycles. The number of hydrogen-bond acceptors (Lipinski definition) is 6. The molecule has 0 aliphatic carbocycles. The van der Waals surface area contributed by atoms with Gasteiger partial charge in [-0.1, -0.05) is 17.7 Å². The van der Waals surface area contributed by atoms with E-state index >= 15 is 0 Å². The fourth-order valence-electron chi connectivity index (χ4n) is 3.33. The van der Waals surface area contributed by atoms with Crippen LogP contribution in [0.1, 0.15) is 28.8 Å². The molecule has 32 heavy (non-hydrogen) atoms. The summed E-state index contributed by atoms with van der Waals surface area (Å²) in [4.78, 5) is 17.6. The van der Waals surface area contributed by atoms with Gasteiger partial charge < -0.3 is 24.3 Å². The third kappa shape index (κ3) is 5.83. The highest BCUT2D eigenvalue weighted by atomic mass is 35.5. The summed E-state index contributed by atoms with van der Waals surface area (Å²) in [5.74, 6) is 1.04. The van der Waals surface area contributed by atoms with E-state index in [-0.39, 0.29) is 12.1 Å². The molecule has 0 spiro atoms. The zero-order valence-electron chi connectivity index (χ0n) is 18.7. The molecule has 8 nitrogen and oxygen atoms in total. The Morgan fingerprint density at radius 3 is 2.44 bits per heavy atom. The molecule has 1 aliphatic heterocycles. The van der Waals surface area contributed by atoms with Crippen LogP contribution in [0.4, 0.5) is 5.69 Å². The zero-order valence-corrected chi connectivity index (χ0v) is 19.4. The van der Waals surface area contributed by atoms with Crippen LogP contribution in [0.3, 0.4) is 0 Å². The first-order valence-electron chi connectivity index (χ1n) is 10.3. The monoisotopic (exact) mass is 461 g/mol. The maximum absolute atomic E-state index is 13.1. The Balaban J connectivity index is 1.86. The lowest BCUT2D eigenvalue weighted by atomic mass is 10.1. The molecule has 2 aromatic rings. The average Bonchev–Trinajstić information content (AvgIpc) is 3.31. The van der Waals surface area contributed by atoms with Gasteiger partial charge in [0.15, 0.2) is 11.5 Å². The van der Waals surface area contributed by atoms with Crippen molar-refractivity contribution in [2.45, 2.75) is 25.9 Å². The fraction of sp³-hybridized carbons (Fsp3) is 0.391. The van der Waals surface area contributed by atoms with Crippen LogP contribution >= 0.6 is 11.6 Å². The van der Waals surface area contributed by atoms with E-state index in [4.69, 9.17) is 30.5 Å². The number of ether oxygens (including phenoxy) is 4. The van der Waals surface area contributed by atoms with Gasteiger partial charge in [-0.15, -0.1) is 0 Å². The number of aryl methyl sites for hydroxylation is 1. The minimum Gasteiger partial charge on any atom is -0.493 e. The van der Waals surface area contributed by atoms with Gasteiger partial charge in [0.25, 0.3) is 5.91 Å². The second-order valence-electron chi connectivity index (χ2n) is 7.30. The summed E-state index contributed by atoms with van der Waals surface area (Å²) in [7, 11) is 4.49. The van der Waals surface area contributed by atoms with Crippen LogP contribution < -0.4 is 24.8 Å². The van der Waals surface area contributed by atoms with Crippen LogP contribution in [0.15, 0.2) is 35.3 Å². The molecule has 0 saturated carbocycles. The van der Waals surface area contributed by atoms with Crippen molar-refractivity contribution >= 4 is 29.2 Å². The van der Waals surface area contributed by atoms with Crippen molar-refractivity contribution in [2.75, 3.05) is 39.8 Å². The number of aliphatic imine (C=N–C) groups is 1. The molecule has 3 rings (SSSR count). The molecular weight excluding hydrogens is 434 g/mol. The van der Waals surface area contributed by atoms with Gasteiger partial charge in [-0.3, -0.25) is 10.1 Å². The summed E-state index contributed by atoms with van der Waals surface area (Å²) >= 11 is 6.37. The first kappa shape index (κ1) is 23.7. The van der Waals surface area contributed by atoms with Gasteiger partial charge in [-0.2, -0.15) is 0 Å². The number of anilines is 1. The summed E-state index contributed by atoms with van der Waals surface area (Å²) in [6.07, 6.45) is 1.96. The van der Waals surface area contributed by atoms with Crippen molar-refractivity contribution in [3.8, 4) is 17.2 Å². The Bertz CT molecular complexity index is 965. The van der Waals surface area contributed by atoms with Crippen LogP contribution in [0.25, 0.3) is 0 Å². The Morgan fingerprint density at radius 2 is 1.88 bits per heavy atom. The SMILES string of the molecule is COc1cc(C(=O)NC(=NC[C@H]2CCCO2)Nc2ccc(C)cc2Cl)cc(OC)c1OC. The lowest BCUT2D eigenvalue weighted by Gasteiger charge is -2.16. The Kier molecular flexibility index (Phi) is 8.19. The predicted octanol–water partition coefficient (Wildman–Crippen LogP) is 4.05. The van der Waals surface area contributed by atoms with E-state index in [9.17, 15) is 4.79 Å². The minimum atomic E-state index is -0.397. The number of methoxy groups -OCH3 is 3. The predicted molar refractivity (Wildman–Crippen MR) is 125 cm³/mol. The zero-order chi connectivity index (χ0) is 23.1. The number of hydrogen-bond donors (Lipinski definition) is 2. The molecule has 9 heteroatoms. The van der Waals surface area contributed by atoms with Crippen LogP contribution in [-0.4, -0.2) is 52.5 Å². The first-order chi connectivity index (χ1) is 15.4. The summed E-state index contributed by atoms with van der Waals surface area (Å²) in [5.41, 5.74) is 1.98. The Hall–Kier alpha value is -2.97. The molecule has 1 fully saturated rings. The molecule has 1 saturated heterocycles. The second-order valence-corrected chi connectivity index (χ2v) is 7.71. The lowest BCUT2D eigenvalue weighted by molar-refractivity contribution is 0.0974. The van der Waals surface area contributed by atoms with Crippen molar-refractivity contribution in [3.63, 3.8) is 0 Å². The van der Waals surface area contributed by atoms with Gasteiger partial charge in [0.05, 0.1) is 44.7 Å². The maximum Gasteiger partial charge on any atom is 0.258 e. The summed E-state index contributed by atoms with van der Waals surface area (Å²) < 4.78 is 21.7. The number of rotatable bonds is 7. The summed E-state index contributed by atoms with van der Waals surface area (Å²) in [5, 5.41) is 6.47. The number of carbonyl (C=O) groups is 1. The second kappa shape index (κ2) is 11.1. The van der Waals surface area contributed by atoms with Crippen LogP contribution in [0.5, 0.6) is 17.2 Å². The average molecular weight is 462 g/mol. The molecule has 1 aliphatic rings. The topological polar surface area (TPSA) is 90.4 Å². The molecule has 172 valence electrons. The highest BCUT2D eigenvalue weighted by Crippen LogP contribution is 2.38. The fourth-order valence-corrected chi connectivity index (χ4v) is 3.62. The summed E-state index contributed by atoms with van der Waals surface area (Å²) in [6, 6.07) is 8.75. The van der Waals surface area contributed by atoms with Crippen molar-refractivity contribution in [3.05, 3.63) is 46.5 Å². The van der Waals surface area contributed by atoms with Gasteiger partial charge in [0, 0.05) is 12.2 Å². The van der Waals surface area contributed by atoms with Gasteiger partial charge in [0.1, 0.15) is 0 Å². The molecule has 0 bridgehead atoms. The van der Waals surface area contributed by atoms with Crippen LogP contribution in [0.2, 0.25) is 5.02 Å². The van der Waals surface area contributed by atoms with E-state index in [0.717, 1.165) is 25.0 Å².